The van der Waals surface area contributed by atoms with Crippen molar-refractivity contribution in [2.75, 3.05) is 11.5 Å². The van der Waals surface area contributed by atoms with E-state index in [4.69, 9.17) is 11.5 Å². The number of aromatic nitrogens is 1. The molecular formula is C10H15N3O. The topological polar surface area (TPSA) is 84.9 Å². The fourth-order valence-electron chi connectivity index (χ4n) is 2.13. The Morgan fingerprint density at radius 3 is 2.50 bits per heavy atom. The molecule has 2 rings (SSSR count). The Hall–Kier alpha value is -1.45. The number of rotatable bonds is 1. The van der Waals surface area contributed by atoms with Crippen LogP contribution in [-0.4, -0.2) is 4.98 Å². The number of hydrogen-bond acceptors (Lipinski definition) is 3. The zero-order chi connectivity index (χ0) is 10.1. The number of pyridine rings is 1. The number of H-pyrrole nitrogens is 1. The van der Waals surface area contributed by atoms with E-state index < -0.39 is 0 Å². The standard InChI is InChI=1S/C10H15N3O/c11-7-5-8(12)10(14)13-9(7)6-3-1-2-4-6/h5-6H,1-4,11-12H2,(H,13,14). The van der Waals surface area contributed by atoms with E-state index in [1.165, 1.54) is 12.8 Å². The van der Waals surface area contributed by atoms with E-state index >= 15 is 0 Å². The van der Waals surface area contributed by atoms with Crippen LogP contribution >= 0.6 is 0 Å². The van der Waals surface area contributed by atoms with Crippen LogP contribution in [0, 0.1) is 0 Å². The van der Waals surface area contributed by atoms with Crippen molar-refractivity contribution in [2.45, 2.75) is 31.6 Å². The Labute approximate surface area is 82.3 Å². The van der Waals surface area contributed by atoms with Gasteiger partial charge in [-0.1, -0.05) is 12.8 Å². The molecule has 4 nitrogen and oxygen atoms in total. The van der Waals surface area contributed by atoms with Gasteiger partial charge >= 0.3 is 0 Å². The first-order valence-corrected chi connectivity index (χ1v) is 4.96. The molecule has 1 aliphatic carbocycles. The van der Waals surface area contributed by atoms with Gasteiger partial charge in [-0.15, -0.1) is 0 Å². The largest absolute Gasteiger partial charge is 0.397 e. The van der Waals surface area contributed by atoms with Gasteiger partial charge in [0.25, 0.3) is 5.56 Å². The molecule has 1 aliphatic rings. The molecule has 0 saturated heterocycles. The van der Waals surface area contributed by atoms with E-state index in [0.717, 1.165) is 18.5 Å². The van der Waals surface area contributed by atoms with Crippen molar-refractivity contribution in [1.29, 1.82) is 0 Å². The molecule has 0 aliphatic heterocycles. The zero-order valence-corrected chi connectivity index (χ0v) is 8.05. The van der Waals surface area contributed by atoms with E-state index in [1.54, 1.807) is 6.07 Å². The molecule has 1 heterocycles. The van der Waals surface area contributed by atoms with Crippen LogP contribution in [0.25, 0.3) is 0 Å². The minimum absolute atomic E-state index is 0.198. The zero-order valence-electron chi connectivity index (χ0n) is 8.05. The van der Waals surface area contributed by atoms with Crippen LogP contribution < -0.4 is 17.0 Å². The second-order valence-corrected chi connectivity index (χ2v) is 3.90. The van der Waals surface area contributed by atoms with Crippen LogP contribution in [0.5, 0.6) is 0 Å². The van der Waals surface area contributed by atoms with Gasteiger partial charge in [0.15, 0.2) is 0 Å². The highest BCUT2D eigenvalue weighted by Gasteiger charge is 2.20. The lowest BCUT2D eigenvalue weighted by Crippen LogP contribution is -2.16. The number of anilines is 2. The lowest BCUT2D eigenvalue weighted by atomic mass is 10.0. The Bertz CT molecular complexity index is 391. The summed E-state index contributed by atoms with van der Waals surface area (Å²) in [5, 5.41) is 0. The van der Waals surface area contributed by atoms with Crippen molar-refractivity contribution in [3.05, 3.63) is 22.1 Å². The predicted molar refractivity (Wildman–Crippen MR) is 57.1 cm³/mol. The molecule has 0 aromatic carbocycles. The van der Waals surface area contributed by atoms with Crippen LogP contribution in [-0.2, 0) is 0 Å². The summed E-state index contributed by atoms with van der Waals surface area (Å²) in [5.41, 5.74) is 12.8. The summed E-state index contributed by atoms with van der Waals surface area (Å²) < 4.78 is 0. The van der Waals surface area contributed by atoms with E-state index in [0.29, 0.717) is 11.6 Å². The summed E-state index contributed by atoms with van der Waals surface area (Å²) in [6, 6.07) is 1.56. The second-order valence-electron chi connectivity index (χ2n) is 3.90. The van der Waals surface area contributed by atoms with Crippen LogP contribution in [0.15, 0.2) is 10.9 Å². The minimum Gasteiger partial charge on any atom is -0.397 e. The summed E-state index contributed by atoms with van der Waals surface area (Å²) in [6.07, 6.45) is 4.67. The van der Waals surface area contributed by atoms with Crippen molar-refractivity contribution in [3.63, 3.8) is 0 Å². The highest BCUT2D eigenvalue weighted by atomic mass is 16.1. The summed E-state index contributed by atoms with van der Waals surface area (Å²) in [5.74, 6) is 0.420. The van der Waals surface area contributed by atoms with Gasteiger partial charge in [0.05, 0.1) is 11.4 Å². The van der Waals surface area contributed by atoms with Crippen molar-refractivity contribution in [2.24, 2.45) is 0 Å². The molecule has 4 heteroatoms. The molecule has 0 spiro atoms. The van der Waals surface area contributed by atoms with E-state index in [1.807, 2.05) is 0 Å². The Kier molecular flexibility index (Phi) is 2.19. The van der Waals surface area contributed by atoms with E-state index in [2.05, 4.69) is 4.98 Å². The molecular weight excluding hydrogens is 178 g/mol. The monoisotopic (exact) mass is 193 g/mol. The van der Waals surface area contributed by atoms with Crippen molar-refractivity contribution in [1.82, 2.24) is 4.98 Å². The molecule has 1 saturated carbocycles. The average Bonchev–Trinajstić information content (AvgIpc) is 2.64. The van der Waals surface area contributed by atoms with Gasteiger partial charge < -0.3 is 16.5 Å². The highest BCUT2D eigenvalue weighted by molar-refractivity contribution is 5.53. The number of aromatic amines is 1. The third kappa shape index (κ3) is 1.47. The van der Waals surface area contributed by atoms with Gasteiger partial charge in [0.2, 0.25) is 0 Å². The van der Waals surface area contributed by atoms with E-state index in [-0.39, 0.29) is 11.2 Å². The summed E-state index contributed by atoms with van der Waals surface area (Å²) in [6.45, 7) is 0. The van der Waals surface area contributed by atoms with Crippen LogP contribution in [0.1, 0.15) is 37.3 Å². The van der Waals surface area contributed by atoms with Crippen LogP contribution in [0.2, 0.25) is 0 Å². The molecule has 14 heavy (non-hydrogen) atoms. The predicted octanol–water partition coefficient (Wildman–Crippen LogP) is 1.20. The normalized spacial score (nSPS) is 17.4. The van der Waals surface area contributed by atoms with Gasteiger partial charge in [0, 0.05) is 11.6 Å². The molecule has 76 valence electrons. The Morgan fingerprint density at radius 1 is 1.21 bits per heavy atom. The quantitative estimate of drug-likeness (QED) is 0.626. The third-order valence-corrected chi connectivity index (χ3v) is 2.90. The lowest BCUT2D eigenvalue weighted by Gasteiger charge is -2.12. The third-order valence-electron chi connectivity index (χ3n) is 2.90. The molecule has 0 atom stereocenters. The molecule has 0 unspecified atom stereocenters. The first-order valence-electron chi connectivity index (χ1n) is 4.96. The summed E-state index contributed by atoms with van der Waals surface area (Å²) >= 11 is 0. The molecule has 0 radical (unpaired) electrons. The maximum absolute atomic E-state index is 11.3. The van der Waals surface area contributed by atoms with Crippen molar-refractivity contribution >= 4 is 11.4 Å². The smallest absolute Gasteiger partial charge is 0.271 e. The average molecular weight is 193 g/mol. The molecule has 1 fully saturated rings. The van der Waals surface area contributed by atoms with Gasteiger partial charge in [-0.05, 0) is 18.9 Å². The summed E-state index contributed by atoms with van der Waals surface area (Å²) in [4.78, 5) is 14.1. The first-order chi connectivity index (χ1) is 6.68. The highest BCUT2D eigenvalue weighted by Crippen LogP contribution is 2.35. The fraction of sp³-hybridized carbons (Fsp3) is 0.500. The van der Waals surface area contributed by atoms with Crippen molar-refractivity contribution < 1.29 is 0 Å². The second kappa shape index (κ2) is 3.36. The molecule has 0 bridgehead atoms. The Morgan fingerprint density at radius 2 is 1.86 bits per heavy atom. The minimum atomic E-state index is -0.221. The van der Waals surface area contributed by atoms with E-state index in [9.17, 15) is 4.79 Å². The first kappa shape index (κ1) is 9.12. The number of nitrogens with one attached hydrogen (secondary N) is 1. The Balaban J connectivity index is 2.42. The molecule has 1 aromatic rings. The maximum atomic E-state index is 11.3. The SMILES string of the molecule is Nc1cc(N)c(=O)[nH]c1C1CCCC1. The van der Waals surface area contributed by atoms with Gasteiger partial charge in [-0.3, -0.25) is 4.79 Å². The maximum Gasteiger partial charge on any atom is 0.271 e. The molecule has 5 N–H and O–H groups in total. The number of nitrogens with two attached hydrogens (primary N) is 2. The number of nitrogen functional groups attached to an aromatic ring is 2. The number of hydrogen-bond donors (Lipinski definition) is 3. The van der Waals surface area contributed by atoms with Crippen LogP contribution in [0.3, 0.4) is 0 Å². The lowest BCUT2D eigenvalue weighted by molar-refractivity contribution is 0.697. The van der Waals surface area contributed by atoms with Gasteiger partial charge in [-0.25, -0.2) is 0 Å². The molecule has 1 aromatic heterocycles. The van der Waals surface area contributed by atoms with Gasteiger partial charge in [-0.2, -0.15) is 0 Å². The molecule has 0 amide bonds. The van der Waals surface area contributed by atoms with Crippen LogP contribution in [0.4, 0.5) is 11.4 Å². The fourth-order valence-corrected chi connectivity index (χ4v) is 2.13. The van der Waals surface area contributed by atoms with Crippen molar-refractivity contribution in [3.8, 4) is 0 Å². The summed E-state index contributed by atoms with van der Waals surface area (Å²) in [7, 11) is 0. The van der Waals surface area contributed by atoms with Gasteiger partial charge in [0.1, 0.15) is 0 Å².